The molecule has 2 aromatic carbocycles. The number of imide groups is 1. The summed E-state index contributed by atoms with van der Waals surface area (Å²) in [6, 6.07) is 15.1. The molecule has 2 amide bonds. The van der Waals surface area contributed by atoms with Crippen LogP contribution >= 0.6 is 0 Å². The first kappa shape index (κ1) is 16.2. The van der Waals surface area contributed by atoms with Crippen molar-refractivity contribution in [1.29, 1.82) is 0 Å². The Balaban J connectivity index is 1.81. The molecule has 4 nitrogen and oxygen atoms in total. The second kappa shape index (κ2) is 6.87. The molecular formula is C20H22N2O2. The van der Waals surface area contributed by atoms with E-state index in [-0.39, 0.29) is 18.2 Å². The van der Waals surface area contributed by atoms with Crippen molar-refractivity contribution in [2.45, 2.75) is 39.2 Å². The van der Waals surface area contributed by atoms with Crippen LogP contribution in [0.15, 0.2) is 48.5 Å². The molecule has 1 atom stereocenters. The van der Waals surface area contributed by atoms with Gasteiger partial charge in [-0.15, -0.1) is 0 Å². The third kappa shape index (κ3) is 3.04. The van der Waals surface area contributed by atoms with Gasteiger partial charge in [-0.1, -0.05) is 44.2 Å². The number of rotatable bonds is 5. The zero-order chi connectivity index (χ0) is 17.1. The summed E-state index contributed by atoms with van der Waals surface area (Å²) in [5.41, 5.74) is 3.82. The molecule has 2 aromatic rings. The molecule has 0 spiro atoms. The number of carbonyl (C=O) groups excluding carboxylic acids is 2. The Morgan fingerprint density at radius 1 is 1.00 bits per heavy atom. The standard InChI is InChI=1S/C20H22N2O2/c1-3-14-9-11-16(12-10-14)21-17-13-19(23)22(20(17)24)18-8-6-5-7-15(18)4-2/h5-12,17,21H,3-4,13H2,1-2H3/t17-/m1/s1. The van der Waals surface area contributed by atoms with Gasteiger partial charge in [-0.3, -0.25) is 9.59 Å². The van der Waals surface area contributed by atoms with Crippen LogP contribution in [0, 0.1) is 0 Å². The zero-order valence-corrected chi connectivity index (χ0v) is 14.1. The van der Waals surface area contributed by atoms with Crippen molar-refractivity contribution in [2.24, 2.45) is 0 Å². The van der Waals surface area contributed by atoms with Crippen molar-refractivity contribution in [1.82, 2.24) is 0 Å². The van der Waals surface area contributed by atoms with Gasteiger partial charge in [0.2, 0.25) is 5.91 Å². The highest BCUT2D eigenvalue weighted by atomic mass is 16.2. The summed E-state index contributed by atoms with van der Waals surface area (Å²) in [5, 5.41) is 3.20. The number of hydrogen-bond acceptors (Lipinski definition) is 3. The van der Waals surface area contributed by atoms with Gasteiger partial charge >= 0.3 is 0 Å². The van der Waals surface area contributed by atoms with Crippen LogP contribution in [0.2, 0.25) is 0 Å². The average Bonchev–Trinajstić information content (AvgIpc) is 2.89. The molecule has 0 radical (unpaired) electrons. The summed E-state index contributed by atoms with van der Waals surface area (Å²) in [6.45, 7) is 4.12. The number of nitrogens with zero attached hydrogens (tertiary/aromatic N) is 1. The summed E-state index contributed by atoms with van der Waals surface area (Å²) in [7, 11) is 0. The van der Waals surface area contributed by atoms with E-state index < -0.39 is 6.04 Å². The molecule has 0 aromatic heterocycles. The van der Waals surface area contributed by atoms with Crippen LogP contribution in [0.1, 0.15) is 31.4 Å². The number of nitrogens with one attached hydrogen (secondary N) is 1. The lowest BCUT2D eigenvalue weighted by molar-refractivity contribution is -0.121. The summed E-state index contributed by atoms with van der Waals surface area (Å²) in [6.07, 6.45) is 1.94. The zero-order valence-electron chi connectivity index (χ0n) is 14.1. The highest BCUT2D eigenvalue weighted by Gasteiger charge is 2.40. The molecule has 124 valence electrons. The molecule has 1 saturated heterocycles. The summed E-state index contributed by atoms with van der Waals surface area (Å²) in [5.74, 6) is -0.330. The Bertz CT molecular complexity index is 752. The Morgan fingerprint density at radius 3 is 2.38 bits per heavy atom. The van der Waals surface area contributed by atoms with Crippen molar-refractivity contribution in [2.75, 3.05) is 10.2 Å². The van der Waals surface area contributed by atoms with E-state index in [4.69, 9.17) is 0 Å². The van der Waals surface area contributed by atoms with Crippen LogP contribution in [0.4, 0.5) is 11.4 Å². The van der Waals surface area contributed by atoms with Crippen molar-refractivity contribution in [3.8, 4) is 0 Å². The van der Waals surface area contributed by atoms with Gasteiger partial charge in [0.25, 0.3) is 5.91 Å². The molecule has 1 aliphatic heterocycles. The lowest BCUT2D eigenvalue weighted by Crippen LogP contribution is -2.35. The Morgan fingerprint density at radius 2 is 1.71 bits per heavy atom. The molecule has 1 N–H and O–H groups in total. The predicted molar refractivity (Wildman–Crippen MR) is 96.2 cm³/mol. The molecule has 0 bridgehead atoms. The summed E-state index contributed by atoms with van der Waals surface area (Å²) < 4.78 is 0. The lowest BCUT2D eigenvalue weighted by Gasteiger charge is -2.19. The highest BCUT2D eigenvalue weighted by molar-refractivity contribution is 6.23. The third-order valence-electron chi connectivity index (χ3n) is 4.46. The van der Waals surface area contributed by atoms with Crippen LogP contribution < -0.4 is 10.2 Å². The number of para-hydroxylation sites is 1. The average molecular weight is 322 g/mol. The van der Waals surface area contributed by atoms with E-state index in [0.717, 1.165) is 24.1 Å². The molecular weight excluding hydrogens is 300 g/mol. The lowest BCUT2D eigenvalue weighted by atomic mass is 10.1. The van der Waals surface area contributed by atoms with Crippen molar-refractivity contribution >= 4 is 23.2 Å². The van der Waals surface area contributed by atoms with Gasteiger partial charge in [-0.05, 0) is 42.2 Å². The molecule has 0 aliphatic carbocycles. The van der Waals surface area contributed by atoms with E-state index in [1.807, 2.05) is 55.5 Å². The maximum atomic E-state index is 12.8. The third-order valence-corrected chi connectivity index (χ3v) is 4.46. The van der Waals surface area contributed by atoms with Crippen LogP contribution in [0.3, 0.4) is 0 Å². The van der Waals surface area contributed by atoms with Crippen molar-refractivity contribution < 1.29 is 9.59 Å². The van der Waals surface area contributed by atoms with E-state index in [1.165, 1.54) is 10.5 Å². The second-order valence-electron chi connectivity index (χ2n) is 6.00. The van der Waals surface area contributed by atoms with Gasteiger partial charge < -0.3 is 5.32 Å². The first-order chi connectivity index (χ1) is 11.6. The van der Waals surface area contributed by atoms with Gasteiger partial charge in [0.05, 0.1) is 12.1 Å². The Kier molecular flexibility index (Phi) is 4.65. The fourth-order valence-corrected chi connectivity index (χ4v) is 3.06. The van der Waals surface area contributed by atoms with Gasteiger partial charge in [0.15, 0.2) is 0 Å². The van der Waals surface area contributed by atoms with E-state index in [1.54, 1.807) is 0 Å². The SMILES string of the molecule is CCc1ccc(N[C@@H]2CC(=O)N(c3ccccc3CC)C2=O)cc1. The van der Waals surface area contributed by atoms with Crippen LogP contribution in [-0.4, -0.2) is 17.9 Å². The smallest absolute Gasteiger partial charge is 0.256 e. The number of benzene rings is 2. The Hall–Kier alpha value is -2.62. The quantitative estimate of drug-likeness (QED) is 0.856. The molecule has 3 rings (SSSR count). The van der Waals surface area contributed by atoms with Gasteiger partial charge in [-0.25, -0.2) is 4.90 Å². The summed E-state index contributed by atoms with van der Waals surface area (Å²) in [4.78, 5) is 26.5. The molecule has 1 fully saturated rings. The molecule has 4 heteroatoms. The molecule has 24 heavy (non-hydrogen) atoms. The minimum atomic E-state index is -0.505. The van der Waals surface area contributed by atoms with Crippen LogP contribution in [0.25, 0.3) is 0 Å². The number of anilines is 2. The van der Waals surface area contributed by atoms with Crippen molar-refractivity contribution in [3.63, 3.8) is 0 Å². The normalized spacial score (nSPS) is 17.4. The van der Waals surface area contributed by atoms with E-state index in [9.17, 15) is 9.59 Å². The minimum Gasteiger partial charge on any atom is -0.373 e. The monoisotopic (exact) mass is 322 g/mol. The number of aryl methyl sites for hydroxylation is 2. The fraction of sp³-hybridized carbons (Fsp3) is 0.300. The fourth-order valence-electron chi connectivity index (χ4n) is 3.06. The van der Waals surface area contributed by atoms with Gasteiger partial charge in [0.1, 0.15) is 6.04 Å². The minimum absolute atomic E-state index is 0.149. The molecule has 0 saturated carbocycles. The predicted octanol–water partition coefficient (Wildman–Crippen LogP) is 3.56. The largest absolute Gasteiger partial charge is 0.373 e. The number of carbonyl (C=O) groups is 2. The highest BCUT2D eigenvalue weighted by Crippen LogP contribution is 2.28. The van der Waals surface area contributed by atoms with E-state index in [2.05, 4.69) is 12.2 Å². The van der Waals surface area contributed by atoms with Gasteiger partial charge in [-0.2, -0.15) is 0 Å². The maximum Gasteiger partial charge on any atom is 0.256 e. The first-order valence-corrected chi connectivity index (χ1v) is 8.44. The van der Waals surface area contributed by atoms with E-state index in [0.29, 0.717) is 5.69 Å². The first-order valence-electron chi connectivity index (χ1n) is 8.44. The second-order valence-corrected chi connectivity index (χ2v) is 6.00. The van der Waals surface area contributed by atoms with Crippen LogP contribution in [0.5, 0.6) is 0 Å². The summed E-state index contributed by atoms with van der Waals surface area (Å²) >= 11 is 0. The van der Waals surface area contributed by atoms with Crippen molar-refractivity contribution in [3.05, 3.63) is 59.7 Å². The number of amides is 2. The molecule has 1 heterocycles. The Labute approximate surface area is 142 Å². The molecule has 0 unspecified atom stereocenters. The number of hydrogen-bond donors (Lipinski definition) is 1. The van der Waals surface area contributed by atoms with E-state index >= 15 is 0 Å². The topological polar surface area (TPSA) is 49.4 Å². The molecule has 1 aliphatic rings. The maximum absolute atomic E-state index is 12.8. The van der Waals surface area contributed by atoms with Crippen LogP contribution in [-0.2, 0) is 22.4 Å². The van der Waals surface area contributed by atoms with Gasteiger partial charge in [0, 0.05) is 5.69 Å².